The zero-order chi connectivity index (χ0) is 23.3. The Kier molecular flexibility index (Phi) is 6.88. The molecule has 0 bridgehead atoms. The van der Waals surface area contributed by atoms with E-state index >= 15 is 0 Å². The first-order valence-electron chi connectivity index (χ1n) is 10.5. The van der Waals surface area contributed by atoms with E-state index in [1.54, 1.807) is 30.5 Å². The predicted molar refractivity (Wildman–Crippen MR) is 128 cm³/mol. The van der Waals surface area contributed by atoms with E-state index in [2.05, 4.69) is 36.3 Å². The van der Waals surface area contributed by atoms with E-state index in [-0.39, 0.29) is 0 Å². The number of nitrogens with one attached hydrogen (secondary N) is 3. The Morgan fingerprint density at radius 1 is 1.15 bits per heavy atom. The van der Waals surface area contributed by atoms with E-state index in [9.17, 15) is 13.7 Å². The molecule has 1 aliphatic rings. The van der Waals surface area contributed by atoms with Gasteiger partial charge in [0.1, 0.15) is 11.9 Å². The lowest BCUT2D eigenvalue weighted by atomic mass is 10.1. The summed E-state index contributed by atoms with van der Waals surface area (Å²) in [6.07, 6.45) is 4.26. The molecular weight excluding hydrogens is 442 g/mol. The van der Waals surface area contributed by atoms with E-state index in [1.165, 1.54) is 6.20 Å². The summed E-state index contributed by atoms with van der Waals surface area (Å²) in [5.74, 6) is 0.684. The minimum absolute atomic E-state index is 0.370. The normalized spacial score (nSPS) is 14.5. The van der Waals surface area contributed by atoms with E-state index in [0.29, 0.717) is 34.0 Å². The van der Waals surface area contributed by atoms with Crippen LogP contribution in [0.5, 0.6) is 0 Å². The van der Waals surface area contributed by atoms with Crippen molar-refractivity contribution < 1.29 is 13.2 Å². The summed E-state index contributed by atoms with van der Waals surface area (Å²) in [6, 6.07) is 10.9. The first-order valence-corrected chi connectivity index (χ1v) is 12.4. The molecule has 4 rings (SSSR count). The maximum absolute atomic E-state index is 11.6. The van der Waals surface area contributed by atoms with Gasteiger partial charge in [-0.25, -0.2) is 13.4 Å². The van der Waals surface area contributed by atoms with Gasteiger partial charge >= 0.3 is 0 Å². The molecule has 0 aliphatic carbocycles. The van der Waals surface area contributed by atoms with Gasteiger partial charge in [-0.1, -0.05) is 6.07 Å². The number of ether oxygens (including phenoxy) is 1. The Labute approximate surface area is 192 Å². The van der Waals surface area contributed by atoms with E-state index in [0.717, 1.165) is 51.0 Å². The van der Waals surface area contributed by atoms with Crippen LogP contribution in [0.4, 0.5) is 22.9 Å². The van der Waals surface area contributed by atoms with Gasteiger partial charge in [-0.15, -0.1) is 0 Å². The molecule has 0 atom stereocenters. The van der Waals surface area contributed by atoms with Crippen molar-refractivity contribution in [3.63, 3.8) is 0 Å². The van der Waals surface area contributed by atoms with Crippen molar-refractivity contribution in [2.45, 2.75) is 0 Å². The summed E-state index contributed by atoms with van der Waals surface area (Å²) in [5, 5.41) is 17.0. The monoisotopic (exact) mass is 467 g/mol. The topological polar surface area (TPSA) is 132 Å². The molecule has 0 radical (unpaired) electrons. The first kappa shape index (κ1) is 22.7. The molecule has 0 amide bonds. The minimum atomic E-state index is -3.40. The predicted octanol–water partition coefficient (Wildman–Crippen LogP) is 2.36. The third kappa shape index (κ3) is 6.07. The number of benzene rings is 1. The van der Waals surface area contributed by atoms with Gasteiger partial charge in [0, 0.05) is 43.4 Å². The maximum Gasteiger partial charge on any atom is 0.229 e. The van der Waals surface area contributed by atoms with Gasteiger partial charge in [0.2, 0.25) is 10.0 Å². The van der Waals surface area contributed by atoms with Gasteiger partial charge in [0.25, 0.3) is 0 Å². The average molecular weight is 468 g/mol. The van der Waals surface area contributed by atoms with Crippen molar-refractivity contribution in [3.05, 3.63) is 48.3 Å². The quantitative estimate of drug-likeness (QED) is 0.457. The fourth-order valence-corrected chi connectivity index (χ4v) is 4.15. The highest BCUT2D eigenvalue weighted by atomic mass is 32.2. The number of fused-ring (bicyclic) bond motifs is 1. The Balaban J connectivity index is 1.58. The molecule has 1 saturated heterocycles. The molecule has 0 spiro atoms. The molecule has 0 unspecified atom stereocenters. The van der Waals surface area contributed by atoms with Crippen LogP contribution in [0.1, 0.15) is 5.56 Å². The number of aromatic nitrogens is 2. The standard InChI is InChI=1S/C22H25N7O3S/c1-33(30,31)28-18-4-2-3-17(11-18)27-22-16(13-23)14-25-20-15-26-21(12-19(20)22)24-5-6-29-7-9-32-10-8-29/h2-4,11-12,14-15,28H,5-10H2,1H3,(H,24,26)(H,25,27). The zero-order valence-electron chi connectivity index (χ0n) is 18.2. The third-order valence-electron chi connectivity index (χ3n) is 5.15. The lowest BCUT2D eigenvalue weighted by molar-refractivity contribution is 0.0398. The van der Waals surface area contributed by atoms with Crippen molar-refractivity contribution in [2.75, 3.05) is 61.0 Å². The second kappa shape index (κ2) is 9.99. The van der Waals surface area contributed by atoms with E-state index < -0.39 is 10.0 Å². The Hall–Kier alpha value is -3.46. The molecule has 1 fully saturated rings. The Morgan fingerprint density at radius 2 is 1.94 bits per heavy atom. The van der Waals surface area contributed by atoms with Crippen LogP contribution in [-0.4, -0.2) is 68.9 Å². The lowest BCUT2D eigenvalue weighted by Gasteiger charge is -2.26. The molecule has 3 N–H and O–H groups in total. The van der Waals surface area contributed by atoms with Crippen LogP contribution >= 0.6 is 0 Å². The Bertz CT molecular complexity index is 1280. The minimum Gasteiger partial charge on any atom is -0.379 e. The number of anilines is 4. The number of nitrogens with zero attached hydrogens (tertiary/aromatic N) is 4. The van der Waals surface area contributed by atoms with Crippen LogP contribution in [0.15, 0.2) is 42.7 Å². The summed E-state index contributed by atoms with van der Waals surface area (Å²) in [6.45, 7) is 4.96. The molecular formula is C22H25N7O3S. The van der Waals surface area contributed by atoms with Gasteiger partial charge in [-0.2, -0.15) is 5.26 Å². The second-order valence-electron chi connectivity index (χ2n) is 7.71. The van der Waals surface area contributed by atoms with Gasteiger partial charge in [-0.05, 0) is 24.3 Å². The van der Waals surface area contributed by atoms with Crippen molar-refractivity contribution in [1.29, 1.82) is 5.26 Å². The van der Waals surface area contributed by atoms with Crippen LogP contribution in [0.25, 0.3) is 10.9 Å². The SMILES string of the molecule is CS(=O)(=O)Nc1cccc(Nc2c(C#N)cnc3cnc(NCCN4CCOCC4)cc23)c1. The number of hydrogen-bond acceptors (Lipinski definition) is 9. The van der Waals surface area contributed by atoms with Gasteiger partial charge in [0.05, 0.1) is 48.1 Å². The lowest BCUT2D eigenvalue weighted by Crippen LogP contribution is -2.39. The summed E-state index contributed by atoms with van der Waals surface area (Å²) < 4.78 is 31.0. The van der Waals surface area contributed by atoms with E-state index in [1.807, 2.05) is 6.07 Å². The summed E-state index contributed by atoms with van der Waals surface area (Å²) >= 11 is 0. The molecule has 0 saturated carbocycles. The fraction of sp³-hybridized carbons (Fsp3) is 0.318. The number of nitriles is 1. The van der Waals surface area contributed by atoms with Crippen LogP contribution in [0.2, 0.25) is 0 Å². The summed E-state index contributed by atoms with van der Waals surface area (Å²) in [7, 11) is -3.40. The highest BCUT2D eigenvalue weighted by molar-refractivity contribution is 7.92. The van der Waals surface area contributed by atoms with Crippen LogP contribution in [-0.2, 0) is 14.8 Å². The molecule has 3 heterocycles. The van der Waals surface area contributed by atoms with Gasteiger partial charge < -0.3 is 15.4 Å². The molecule has 33 heavy (non-hydrogen) atoms. The summed E-state index contributed by atoms with van der Waals surface area (Å²) in [4.78, 5) is 11.1. The highest BCUT2D eigenvalue weighted by Gasteiger charge is 2.13. The van der Waals surface area contributed by atoms with Gasteiger partial charge in [-0.3, -0.25) is 14.6 Å². The molecule has 2 aromatic heterocycles. The van der Waals surface area contributed by atoms with E-state index in [4.69, 9.17) is 4.74 Å². The molecule has 1 aromatic carbocycles. The second-order valence-corrected chi connectivity index (χ2v) is 9.45. The summed E-state index contributed by atoms with van der Waals surface area (Å²) in [5.41, 5.74) is 2.64. The molecule has 11 heteroatoms. The van der Waals surface area contributed by atoms with Crippen molar-refractivity contribution in [2.24, 2.45) is 0 Å². The number of pyridine rings is 2. The smallest absolute Gasteiger partial charge is 0.229 e. The van der Waals surface area contributed by atoms with Crippen LogP contribution in [0.3, 0.4) is 0 Å². The van der Waals surface area contributed by atoms with Crippen LogP contribution in [0, 0.1) is 11.3 Å². The number of morpholine rings is 1. The van der Waals surface area contributed by atoms with Gasteiger partial charge in [0.15, 0.2) is 0 Å². The number of sulfonamides is 1. The number of rotatable bonds is 8. The highest BCUT2D eigenvalue weighted by Crippen LogP contribution is 2.30. The largest absolute Gasteiger partial charge is 0.379 e. The Morgan fingerprint density at radius 3 is 2.70 bits per heavy atom. The first-order chi connectivity index (χ1) is 15.9. The zero-order valence-corrected chi connectivity index (χ0v) is 19.0. The maximum atomic E-state index is 11.6. The molecule has 10 nitrogen and oxygen atoms in total. The van der Waals surface area contributed by atoms with Crippen LogP contribution < -0.4 is 15.4 Å². The molecule has 3 aromatic rings. The average Bonchev–Trinajstić information content (AvgIpc) is 2.79. The number of hydrogen-bond donors (Lipinski definition) is 3. The van der Waals surface area contributed by atoms with Crippen molar-refractivity contribution >= 4 is 43.8 Å². The fourth-order valence-electron chi connectivity index (χ4n) is 3.60. The van der Waals surface area contributed by atoms with Crippen molar-refractivity contribution in [3.8, 4) is 6.07 Å². The molecule has 1 aliphatic heterocycles. The van der Waals surface area contributed by atoms with Crippen molar-refractivity contribution in [1.82, 2.24) is 14.9 Å². The molecule has 172 valence electrons. The third-order valence-corrected chi connectivity index (χ3v) is 5.75.